The fourth-order valence-corrected chi connectivity index (χ4v) is 2.96. The number of hydrogen-bond acceptors (Lipinski definition) is 5. The molecule has 0 fully saturated rings. The average molecular weight is 330 g/mol. The lowest BCUT2D eigenvalue weighted by atomic mass is 10.1. The van der Waals surface area contributed by atoms with Crippen LogP contribution in [0.2, 0.25) is 0 Å². The van der Waals surface area contributed by atoms with Crippen LogP contribution in [-0.2, 0) is 6.42 Å². The topological polar surface area (TPSA) is 61.5 Å². The molecule has 0 spiro atoms. The van der Waals surface area contributed by atoms with Crippen molar-refractivity contribution < 1.29 is 9.47 Å². The number of hydrogen-bond donors (Lipinski definition) is 0. The van der Waals surface area contributed by atoms with Crippen LogP contribution in [0, 0.1) is 0 Å². The Hall–Kier alpha value is -3.41. The highest BCUT2D eigenvalue weighted by Gasteiger charge is 2.16. The quantitative estimate of drug-likeness (QED) is 0.577. The number of rotatable bonds is 3. The van der Waals surface area contributed by atoms with Gasteiger partial charge in [-0.25, -0.2) is 4.98 Å². The predicted molar refractivity (Wildman–Crippen MR) is 91.6 cm³/mol. The van der Waals surface area contributed by atoms with E-state index in [0.717, 1.165) is 28.6 Å². The van der Waals surface area contributed by atoms with Gasteiger partial charge in [-0.1, -0.05) is 30.3 Å². The third kappa shape index (κ3) is 2.48. The van der Waals surface area contributed by atoms with Crippen molar-refractivity contribution in [2.75, 3.05) is 6.79 Å². The van der Waals surface area contributed by atoms with Gasteiger partial charge in [0.2, 0.25) is 6.79 Å². The second-order valence-corrected chi connectivity index (χ2v) is 5.80. The molecule has 0 saturated heterocycles. The minimum absolute atomic E-state index is 0.259. The number of aromatic nitrogens is 4. The number of nitrogens with zero attached hydrogens (tertiary/aromatic N) is 4. The summed E-state index contributed by atoms with van der Waals surface area (Å²) in [6.07, 6.45) is 2.42. The van der Waals surface area contributed by atoms with Gasteiger partial charge in [0.25, 0.3) is 5.78 Å². The van der Waals surface area contributed by atoms with Crippen LogP contribution in [0.3, 0.4) is 0 Å². The zero-order valence-electron chi connectivity index (χ0n) is 13.3. The molecule has 1 aliphatic heterocycles. The molecule has 6 nitrogen and oxygen atoms in total. The van der Waals surface area contributed by atoms with Crippen molar-refractivity contribution >= 4 is 5.78 Å². The Morgan fingerprint density at radius 1 is 0.960 bits per heavy atom. The standard InChI is InChI=1S/C19H14N4O2/c1-2-4-13(5-3-1)10-18-21-19-20-9-8-15(23(19)22-18)14-6-7-16-17(11-14)25-12-24-16/h1-9,11H,10,12H2. The van der Waals surface area contributed by atoms with E-state index in [1.807, 2.05) is 42.5 Å². The zero-order valence-corrected chi connectivity index (χ0v) is 13.3. The molecular weight excluding hydrogens is 316 g/mol. The molecule has 0 saturated carbocycles. The molecule has 0 aliphatic carbocycles. The minimum atomic E-state index is 0.259. The largest absolute Gasteiger partial charge is 0.454 e. The van der Waals surface area contributed by atoms with Gasteiger partial charge in [-0.3, -0.25) is 0 Å². The fraction of sp³-hybridized carbons (Fsp3) is 0.105. The summed E-state index contributed by atoms with van der Waals surface area (Å²) in [6, 6.07) is 17.9. The summed E-state index contributed by atoms with van der Waals surface area (Å²) in [5, 5.41) is 4.65. The van der Waals surface area contributed by atoms with Crippen LogP contribution < -0.4 is 9.47 Å². The molecule has 0 radical (unpaired) electrons. The maximum atomic E-state index is 5.47. The molecule has 0 bridgehead atoms. The minimum Gasteiger partial charge on any atom is -0.454 e. The van der Waals surface area contributed by atoms with Crippen LogP contribution in [-0.4, -0.2) is 26.4 Å². The van der Waals surface area contributed by atoms with Crippen molar-refractivity contribution in [3.05, 3.63) is 72.2 Å². The van der Waals surface area contributed by atoms with Crippen LogP contribution in [0.25, 0.3) is 17.0 Å². The second-order valence-electron chi connectivity index (χ2n) is 5.80. The first-order valence-electron chi connectivity index (χ1n) is 8.01. The SMILES string of the molecule is c1ccc(Cc2nc3nccc(-c4ccc5c(c4)OCO5)n3n2)cc1. The monoisotopic (exact) mass is 330 g/mol. The predicted octanol–water partition coefficient (Wildman–Crippen LogP) is 3.11. The summed E-state index contributed by atoms with van der Waals surface area (Å²) in [5.41, 5.74) is 3.06. The van der Waals surface area contributed by atoms with E-state index in [9.17, 15) is 0 Å². The molecule has 6 heteroatoms. The summed E-state index contributed by atoms with van der Waals surface area (Å²) >= 11 is 0. The Kier molecular flexibility index (Phi) is 3.13. The van der Waals surface area contributed by atoms with E-state index in [2.05, 4.69) is 27.2 Å². The van der Waals surface area contributed by atoms with E-state index < -0.39 is 0 Å². The first-order valence-corrected chi connectivity index (χ1v) is 8.01. The van der Waals surface area contributed by atoms with Crippen LogP contribution in [0.15, 0.2) is 60.8 Å². The molecule has 0 unspecified atom stereocenters. The lowest BCUT2D eigenvalue weighted by Crippen LogP contribution is -1.97. The summed E-state index contributed by atoms with van der Waals surface area (Å²) in [4.78, 5) is 8.89. The van der Waals surface area contributed by atoms with E-state index in [1.54, 1.807) is 10.7 Å². The van der Waals surface area contributed by atoms with Crippen LogP contribution in [0.4, 0.5) is 0 Å². The van der Waals surface area contributed by atoms with E-state index >= 15 is 0 Å². The smallest absolute Gasteiger partial charge is 0.252 e. The Labute approximate surface area is 143 Å². The summed E-state index contributed by atoms with van der Waals surface area (Å²) in [5.74, 6) is 2.83. The maximum Gasteiger partial charge on any atom is 0.252 e. The lowest BCUT2D eigenvalue weighted by Gasteiger charge is -2.04. The zero-order chi connectivity index (χ0) is 16.6. The second kappa shape index (κ2) is 5.59. The number of fused-ring (bicyclic) bond motifs is 2. The first-order chi connectivity index (χ1) is 12.4. The molecule has 0 atom stereocenters. The molecule has 3 heterocycles. The highest BCUT2D eigenvalue weighted by atomic mass is 16.7. The normalized spacial score (nSPS) is 12.6. The molecule has 2 aromatic heterocycles. The summed E-state index contributed by atoms with van der Waals surface area (Å²) in [6.45, 7) is 0.259. The Bertz CT molecular complexity index is 1060. The summed E-state index contributed by atoms with van der Waals surface area (Å²) < 4.78 is 12.6. The lowest BCUT2D eigenvalue weighted by molar-refractivity contribution is 0.174. The molecule has 5 rings (SSSR count). The van der Waals surface area contributed by atoms with Crippen LogP contribution in [0.1, 0.15) is 11.4 Å². The van der Waals surface area contributed by atoms with Crippen LogP contribution in [0.5, 0.6) is 11.5 Å². The number of ether oxygens (including phenoxy) is 2. The van der Waals surface area contributed by atoms with Crippen molar-refractivity contribution in [2.45, 2.75) is 6.42 Å². The van der Waals surface area contributed by atoms with Crippen molar-refractivity contribution in [3.8, 4) is 22.8 Å². The van der Waals surface area contributed by atoms with Gasteiger partial charge in [0, 0.05) is 18.2 Å². The highest BCUT2D eigenvalue weighted by molar-refractivity contribution is 5.65. The van der Waals surface area contributed by atoms with Crippen LogP contribution >= 0.6 is 0 Å². The van der Waals surface area contributed by atoms with Gasteiger partial charge in [-0.05, 0) is 29.8 Å². The maximum absolute atomic E-state index is 5.47. The summed E-state index contributed by atoms with van der Waals surface area (Å²) in [7, 11) is 0. The Morgan fingerprint density at radius 3 is 2.76 bits per heavy atom. The van der Waals surface area contributed by atoms with Crippen molar-refractivity contribution in [1.82, 2.24) is 19.6 Å². The third-order valence-electron chi connectivity index (χ3n) is 4.16. The molecule has 2 aromatic carbocycles. The van der Waals surface area contributed by atoms with E-state index in [4.69, 9.17) is 9.47 Å². The number of benzene rings is 2. The first kappa shape index (κ1) is 14.0. The van der Waals surface area contributed by atoms with Gasteiger partial charge in [0.1, 0.15) is 0 Å². The van der Waals surface area contributed by atoms with Gasteiger partial charge >= 0.3 is 0 Å². The van der Waals surface area contributed by atoms with Crippen molar-refractivity contribution in [1.29, 1.82) is 0 Å². The average Bonchev–Trinajstić information content (AvgIpc) is 3.27. The molecule has 122 valence electrons. The Morgan fingerprint density at radius 2 is 1.84 bits per heavy atom. The van der Waals surface area contributed by atoms with Gasteiger partial charge in [-0.2, -0.15) is 9.50 Å². The Balaban J connectivity index is 1.57. The van der Waals surface area contributed by atoms with E-state index in [1.165, 1.54) is 5.56 Å². The van der Waals surface area contributed by atoms with Crippen molar-refractivity contribution in [3.63, 3.8) is 0 Å². The molecule has 0 N–H and O–H groups in total. The van der Waals surface area contributed by atoms with Gasteiger partial charge in [0.15, 0.2) is 17.3 Å². The van der Waals surface area contributed by atoms with E-state index in [0.29, 0.717) is 12.2 Å². The molecule has 25 heavy (non-hydrogen) atoms. The highest BCUT2D eigenvalue weighted by Crippen LogP contribution is 2.35. The van der Waals surface area contributed by atoms with Gasteiger partial charge in [-0.15, -0.1) is 5.10 Å². The van der Waals surface area contributed by atoms with Crippen molar-refractivity contribution in [2.24, 2.45) is 0 Å². The molecule has 0 amide bonds. The van der Waals surface area contributed by atoms with Gasteiger partial charge in [0.05, 0.1) is 5.69 Å². The molecular formula is C19H14N4O2. The third-order valence-corrected chi connectivity index (χ3v) is 4.16. The van der Waals surface area contributed by atoms with E-state index in [-0.39, 0.29) is 6.79 Å². The van der Waals surface area contributed by atoms with Gasteiger partial charge < -0.3 is 9.47 Å². The fourth-order valence-electron chi connectivity index (χ4n) is 2.96. The molecule has 4 aromatic rings. The molecule has 1 aliphatic rings.